The average Bonchev–Trinajstić information content (AvgIpc) is 2.62. The molecular weight excluding hydrogens is 386 g/mol. The molecule has 0 aliphatic carbocycles. The molecule has 0 heterocycles. The third-order valence-electron chi connectivity index (χ3n) is 2.91. The Morgan fingerprint density at radius 2 is 1.92 bits per heavy atom. The smallest absolute Gasteiger partial charge is 0.329 e. The lowest BCUT2D eigenvalue weighted by Gasteiger charge is -2.04. The number of amides is 2. The molecule has 2 rings (SSSR count). The number of carbonyl (C=O) groups is 2. The molecule has 0 atom stereocenters. The number of hydrogen-bond donors (Lipinski definition) is 2. The van der Waals surface area contributed by atoms with E-state index in [1.54, 1.807) is 54.6 Å². The number of ether oxygens (including phenoxy) is 1. The van der Waals surface area contributed by atoms with Crippen LogP contribution in [0.25, 0.3) is 0 Å². The van der Waals surface area contributed by atoms with Gasteiger partial charge in [-0.1, -0.05) is 40.7 Å². The zero-order valence-corrected chi connectivity index (χ0v) is 14.8. The highest BCUT2D eigenvalue weighted by molar-refractivity contribution is 9.10. The second-order valence-corrected chi connectivity index (χ2v) is 5.75. The first-order valence-corrected chi connectivity index (χ1v) is 8.11. The van der Waals surface area contributed by atoms with Crippen LogP contribution in [0.5, 0.6) is 5.75 Å². The molecule has 0 aromatic heterocycles. The molecule has 2 N–H and O–H groups in total. The molecule has 0 unspecified atom stereocenters. The van der Waals surface area contributed by atoms with Crippen molar-refractivity contribution in [1.29, 1.82) is 0 Å². The summed E-state index contributed by atoms with van der Waals surface area (Å²) in [4.78, 5) is 23.5. The summed E-state index contributed by atoms with van der Waals surface area (Å²) >= 11 is 3.29. The molecule has 0 saturated heterocycles. The highest BCUT2D eigenvalue weighted by atomic mass is 79.9. The van der Waals surface area contributed by atoms with Crippen LogP contribution in [0.4, 0.5) is 5.69 Å². The number of hydrogen-bond acceptors (Lipinski definition) is 4. The number of nitrogens with one attached hydrogen (secondary N) is 2. The van der Waals surface area contributed by atoms with E-state index < -0.39 is 11.8 Å². The number of benzene rings is 2. The van der Waals surface area contributed by atoms with Crippen LogP contribution in [0.2, 0.25) is 0 Å². The van der Waals surface area contributed by atoms with E-state index in [2.05, 4.69) is 38.4 Å². The first-order chi connectivity index (χ1) is 12.1. The Labute approximate surface area is 153 Å². The van der Waals surface area contributed by atoms with E-state index in [9.17, 15) is 9.59 Å². The van der Waals surface area contributed by atoms with Gasteiger partial charge in [-0.3, -0.25) is 9.59 Å². The Bertz CT molecular complexity index is 788. The van der Waals surface area contributed by atoms with Gasteiger partial charge < -0.3 is 10.1 Å². The summed E-state index contributed by atoms with van der Waals surface area (Å²) in [7, 11) is 0. The summed E-state index contributed by atoms with van der Waals surface area (Å²) < 4.78 is 6.28. The maximum Gasteiger partial charge on any atom is 0.329 e. The summed E-state index contributed by atoms with van der Waals surface area (Å²) in [5.41, 5.74) is 3.41. The molecule has 7 heteroatoms. The fourth-order valence-corrected chi connectivity index (χ4v) is 2.04. The maximum absolute atomic E-state index is 11.8. The Morgan fingerprint density at radius 3 is 2.64 bits per heavy atom. The summed E-state index contributed by atoms with van der Waals surface area (Å²) in [5, 5.41) is 6.25. The molecule has 2 aromatic rings. The molecule has 25 heavy (non-hydrogen) atoms. The normalized spacial score (nSPS) is 10.3. The van der Waals surface area contributed by atoms with E-state index in [0.717, 1.165) is 10.0 Å². The van der Waals surface area contributed by atoms with E-state index in [0.29, 0.717) is 18.0 Å². The van der Waals surface area contributed by atoms with Crippen LogP contribution < -0.4 is 15.5 Å². The monoisotopic (exact) mass is 401 g/mol. The highest BCUT2D eigenvalue weighted by Gasteiger charge is 2.12. The Kier molecular flexibility index (Phi) is 6.91. The number of nitrogens with zero attached hydrogens (tertiary/aromatic N) is 1. The first-order valence-electron chi connectivity index (χ1n) is 7.32. The second kappa shape index (κ2) is 9.39. The first kappa shape index (κ1) is 18.4. The van der Waals surface area contributed by atoms with Crippen molar-refractivity contribution in [3.63, 3.8) is 0 Å². The fourth-order valence-electron chi connectivity index (χ4n) is 1.78. The van der Waals surface area contributed by atoms with Gasteiger partial charge in [-0.2, -0.15) is 5.10 Å². The second-order valence-electron chi connectivity index (χ2n) is 4.83. The van der Waals surface area contributed by atoms with Gasteiger partial charge in [-0.15, -0.1) is 0 Å². The molecule has 2 amide bonds. The number of carbonyl (C=O) groups excluding carboxylic acids is 2. The van der Waals surface area contributed by atoms with Gasteiger partial charge >= 0.3 is 11.8 Å². The van der Waals surface area contributed by atoms with Gasteiger partial charge in [-0.25, -0.2) is 5.43 Å². The van der Waals surface area contributed by atoms with Gasteiger partial charge in [0.05, 0.1) is 6.21 Å². The van der Waals surface area contributed by atoms with E-state index in [4.69, 9.17) is 4.74 Å². The number of rotatable bonds is 6. The van der Waals surface area contributed by atoms with Gasteiger partial charge in [0, 0.05) is 10.2 Å². The number of halogens is 1. The molecule has 2 aromatic carbocycles. The Morgan fingerprint density at radius 1 is 1.16 bits per heavy atom. The summed E-state index contributed by atoms with van der Waals surface area (Å²) in [5.74, 6) is -1.01. The van der Waals surface area contributed by atoms with Crippen LogP contribution in [0, 0.1) is 0 Å². The van der Waals surface area contributed by atoms with Gasteiger partial charge in [0.15, 0.2) is 0 Å². The van der Waals surface area contributed by atoms with E-state index in [-0.39, 0.29) is 0 Å². The van der Waals surface area contributed by atoms with Gasteiger partial charge in [0.25, 0.3) is 0 Å². The molecule has 0 saturated carbocycles. The molecule has 0 aliphatic heterocycles. The van der Waals surface area contributed by atoms with E-state index in [1.807, 2.05) is 0 Å². The Balaban J connectivity index is 1.88. The number of anilines is 1. The standard InChI is InChI=1S/C18H16BrN3O3/c1-2-10-25-16-5-3-4-13(11-16)12-20-22-18(24)17(23)21-15-8-6-14(19)7-9-15/h2-9,11-12H,1,10H2,(H,21,23)(H,22,24)/b20-12+. The summed E-state index contributed by atoms with van der Waals surface area (Å²) in [6.45, 7) is 3.98. The average molecular weight is 402 g/mol. The molecule has 128 valence electrons. The lowest BCUT2D eigenvalue weighted by molar-refractivity contribution is -0.136. The quantitative estimate of drug-likeness (QED) is 0.337. The maximum atomic E-state index is 11.8. The van der Waals surface area contributed by atoms with Crippen LogP contribution >= 0.6 is 15.9 Å². The van der Waals surface area contributed by atoms with Crippen LogP contribution in [0.15, 0.2) is 70.8 Å². The summed E-state index contributed by atoms with van der Waals surface area (Å²) in [6.07, 6.45) is 3.07. The zero-order chi connectivity index (χ0) is 18.1. The van der Waals surface area contributed by atoms with Crippen LogP contribution in [-0.4, -0.2) is 24.6 Å². The van der Waals surface area contributed by atoms with Crippen LogP contribution in [0.1, 0.15) is 5.56 Å². The van der Waals surface area contributed by atoms with Crippen LogP contribution in [0.3, 0.4) is 0 Å². The SMILES string of the molecule is C=CCOc1cccc(/C=N/NC(=O)C(=O)Nc2ccc(Br)cc2)c1. The minimum Gasteiger partial charge on any atom is -0.490 e. The van der Waals surface area contributed by atoms with Crippen molar-refractivity contribution in [1.82, 2.24) is 5.43 Å². The molecule has 0 spiro atoms. The van der Waals surface area contributed by atoms with Crippen molar-refractivity contribution in [2.75, 3.05) is 11.9 Å². The van der Waals surface area contributed by atoms with Gasteiger partial charge in [0.2, 0.25) is 0 Å². The van der Waals surface area contributed by atoms with Crippen molar-refractivity contribution >= 4 is 39.6 Å². The topological polar surface area (TPSA) is 79.8 Å². The van der Waals surface area contributed by atoms with Crippen LogP contribution in [-0.2, 0) is 9.59 Å². The largest absolute Gasteiger partial charge is 0.490 e. The number of hydrazone groups is 1. The van der Waals surface area contributed by atoms with Crippen molar-refractivity contribution in [2.24, 2.45) is 5.10 Å². The summed E-state index contributed by atoms with van der Waals surface area (Å²) in [6, 6.07) is 14.0. The predicted molar refractivity (Wildman–Crippen MR) is 101 cm³/mol. The van der Waals surface area contributed by atoms with Gasteiger partial charge in [-0.05, 0) is 42.0 Å². The van der Waals surface area contributed by atoms with Crippen molar-refractivity contribution in [3.8, 4) is 5.75 Å². The zero-order valence-electron chi connectivity index (χ0n) is 13.2. The fraction of sp³-hybridized carbons (Fsp3) is 0.0556. The minimum absolute atomic E-state index is 0.396. The third-order valence-corrected chi connectivity index (χ3v) is 3.44. The molecule has 0 radical (unpaired) electrons. The van der Waals surface area contributed by atoms with E-state index in [1.165, 1.54) is 6.21 Å². The van der Waals surface area contributed by atoms with Crippen molar-refractivity contribution in [2.45, 2.75) is 0 Å². The van der Waals surface area contributed by atoms with Crippen molar-refractivity contribution < 1.29 is 14.3 Å². The predicted octanol–water partition coefficient (Wildman–Crippen LogP) is 3.10. The Hall–Kier alpha value is -2.93. The van der Waals surface area contributed by atoms with Gasteiger partial charge in [0.1, 0.15) is 12.4 Å². The molecule has 0 bridgehead atoms. The molecule has 6 nitrogen and oxygen atoms in total. The lowest BCUT2D eigenvalue weighted by Crippen LogP contribution is -2.32. The third kappa shape index (κ3) is 6.23. The molecule has 0 aliphatic rings. The van der Waals surface area contributed by atoms with Crippen molar-refractivity contribution in [3.05, 3.63) is 71.2 Å². The minimum atomic E-state index is -0.863. The molecular formula is C18H16BrN3O3. The lowest BCUT2D eigenvalue weighted by atomic mass is 10.2. The highest BCUT2D eigenvalue weighted by Crippen LogP contribution is 2.14. The van der Waals surface area contributed by atoms with E-state index >= 15 is 0 Å². The molecule has 0 fully saturated rings.